The fourth-order valence-corrected chi connectivity index (χ4v) is 3.91. The first kappa shape index (κ1) is 18.5. The average molecular weight is 351 g/mol. The number of rotatable bonds is 5. The van der Waals surface area contributed by atoms with Gasteiger partial charge in [0.2, 0.25) is 5.91 Å². The molecule has 26 heavy (non-hydrogen) atoms. The molecule has 0 aromatic heterocycles. The van der Waals surface area contributed by atoms with Crippen LogP contribution in [0.5, 0.6) is 5.75 Å². The van der Waals surface area contributed by atoms with Crippen LogP contribution >= 0.6 is 0 Å². The highest BCUT2D eigenvalue weighted by molar-refractivity contribution is 5.78. The number of phenolic OH excluding ortho intramolecular Hbond substituents is 1. The highest BCUT2D eigenvalue weighted by atomic mass is 16.3. The molecule has 2 N–H and O–H groups in total. The van der Waals surface area contributed by atoms with Gasteiger partial charge in [-0.05, 0) is 43.4 Å². The Morgan fingerprint density at radius 2 is 1.77 bits per heavy atom. The summed E-state index contributed by atoms with van der Waals surface area (Å²) in [6.07, 6.45) is 6.19. The molecule has 1 atom stereocenters. The molecule has 1 amide bonds. The van der Waals surface area contributed by atoms with Crippen LogP contribution in [0.25, 0.3) is 0 Å². The van der Waals surface area contributed by atoms with Crippen molar-refractivity contribution in [2.24, 2.45) is 0 Å². The Morgan fingerprint density at radius 1 is 1.08 bits per heavy atom. The highest BCUT2D eigenvalue weighted by Gasteiger charge is 2.24. The van der Waals surface area contributed by atoms with Gasteiger partial charge >= 0.3 is 0 Å². The number of carbonyl (C=O) groups is 1. The number of nitrogens with one attached hydrogen (secondary N) is 1. The topological polar surface area (TPSA) is 49.3 Å². The number of hydrogen-bond acceptors (Lipinski definition) is 2. The molecule has 2 aromatic carbocycles. The van der Waals surface area contributed by atoms with E-state index in [1.165, 1.54) is 19.3 Å². The van der Waals surface area contributed by atoms with Crippen molar-refractivity contribution >= 4 is 5.91 Å². The van der Waals surface area contributed by atoms with Gasteiger partial charge in [0.15, 0.2) is 0 Å². The van der Waals surface area contributed by atoms with Crippen LogP contribution in [0.2, 0.25) is 0 Å². The van der Waals surface area contributed by atoms with E-state index in [1.807, 2.05) is 56.3 Å². The quantitative estimate of drug-likeness (QED) is 0.798. The Balaban J connectivity index is 1.85. The number of aryl methyl sites for hydroxylation is 1. The van der Waals surface area contributed by atoms with Crippen molar-refractivity contribution in [2.45, 2.75) is 64.3 Å². The van der Waals surface area contributed by atoms with Crippen LogP contribution in [-0.4, -0.2) is 17.1 Å². The summed E-state index contributed by atoms with van der Waals surface area (Å²) in [4.78, 5) is 12.7. The molecule has 0 radical (unpaired) electrons. The van der Waals surface area contributed by atoms with E-state index in [-0.39, 0.29) is 11.8 Å². The maximum absolute atomic E-state index is 12.7. The van der Waals surface area contributed by atoms with Gasteiger partial charge in [0.05, 0.1) is 0 Å². The van der Waals surface area contributed by atoms with E-state index >= 15 is 0 Å². The van der Waals surface area contributed by atoms with E-state index in [9.17, 15) is 9.90 Å². The average Bonchev–Trinajstić information content (AvgIpc) is 2.66. The van der Waals surface area contributed by atoms with Gasteiger partial charge in [-0.3, -0.25) is 4.79 Å². The molecule has 0 heterocycles. The van der Waals surface area contributed by atoms with Crippen molar-refractivity contribution in [3.63, 3.8) is 0 Å². The second kappa shape index (κ2) is 8.39. The summed E-state index contributed by atoms with van der Waals surface area (Å²) in [5, 5.41) is 13.9. The van der Waals surface area contributed by atoms with Crippen LogP contribution < -0.4 is 5.32 Å². The molecular weight excluding hydrogens is 322 g/mol. The zero-order valence-electron chi connectivity index (χ0n) is 15.8. The molecule has 0 aliphatic heterocycles. The van der Waals surface area contributed by atoms with Crippen LogP contribution in [-0.2, 0) is 4.79 Å². The van der Waals surface area contributed by atoms with E-state index in [0.717, 1.165) is 35.1 Å². The van der Waals surface area contributed by atoms with Crippen molar-refractivity contribution in [3.05, 3.63) is 64.7 Å². The molecule has 2 aromatic rings. The normalized spacial score (nSPS) is 16.2. The fourth-order valence-electron chi connectivity index (χ4n) is 3.91. The summed E-state index contributed by atoms with van der Waals surface area (Å²) < 4.78 is 0. The molecule has 1 saturated carbocycles. The first-order valence-electron chi connectivity index (χ1n) is 9.69. The van der Waals surface area contributed by atoms with Gasteiger partial charge in [0, 0.05) is 23.9 Å². The summed E-state index contributed by atoms with van der Waals surface area (Å²) in [6.45, 7) is 3.92. The Labute approximate surface area is 156 Å². The Morgan fingerprint density at radius 3 is 2.46 bits per heavy atom. The number of aromatic hydroxyl groups is 1. The van der Waals surface area contributed by atoms with Crippen LogP contribution in [0.15, 0.2) is 42.5 Å². The molecule has 0 spiro atoms. The smallest absolute Gasteiger partial charge is 0.221 e. The van der Waals surface area contributed by atoms with E-state index in [2.05, 4.69) is 5.32 Å². The molecule has 1 aliphatic carbocycles. The number of benzene rings is 2. The molecule has 0 unspecified atom stereocenters. The van der Waals surface area contributed by atoms with Crippen LogP contribution in [0.4, 0.5) is 0 Å². The van der Waals surface area contributed by atoms with Crippen LogP contribution in [0, 0.1) is 13.8 Å². The van der Waals surface area contributed by atoms with Gasteiger partial charge < -0.3 is 10.4 Å². The number of phenols is 1. The summed E-state index contributed by atoms with van der Waals surface area (Å²) in [5.41, 5.74) is 3.84. The lowest BCUT2D eigenvalue weighted by molar-refractivity contribution is -0.122. The number of carbonyl (C=O) groups excluding carboxylic acids is 1. The SMILES string of the molecule is Cc1ccc([C@H](CC(=O)NC2CCCCC2)c2ccccc2)c(O)c1C. The third-order valence-electron chi connectivity index (χ3n) is 5.67. The minimum Gasteiger partial charge on any atom is -0.507 e. The first-order valence-corrected chi connectivity index (χ1v) is 9.69. The van der Waals surface area contributed by atoms with E-state index < -0.39 is 0 Å². The van der Waals surface area contributed by atoms with Gasteiger partial charge in [-0.2, -0.15) is 0 Å². The number of amides is 1. The van der Waals surface area contributed by atoms with Gasteiger partial charge in [-0.1, -0.05) is 61.7 Å². The van der Waals surface area contributed by atoms with Crippen molar-refractivity contribution in [3.8, 4) is 5.75 Å². The molecule has 3 nitrogen and oxygen atoms in total. The summed E-state index contributed by atoms with van der Waals surface area (Å²) in [7, 11) is 0. The van der Waals surface area contributed by atoms with E-state index in [1.54, 1.807) is 0 Å². The minimum absolute atomic E-state index is 0.0726. The molecule has 1 aliphatic rings. The predicted octanol–water partition coefficient (Wildman–Crippen LogP) is 4.98. The van der Waals surface area contributed by atoms with Crippen molar-refractivity contribution in [1.82, 2.24) is 5.32 Å². The number of hydrogen-bond donors (Lipinski definition) is 2. The minimum atomic E-state index is -0.140. The van der Waals surface area contributed by atoms with Gasteiger partial charge in [0.25, 0.3) is 0 Å². The first-order chi connectivity index (χ1) is 12.6. The Bertz CT molecular complexity index is 748. The molecule has 0 saturated heterocycles. The van der Waals surface area contributed by atoms with Gasteiger partial charge in [0.1, 0.15) is 5.75 Å². The molecule has 3 rings (SSSR count). The molecule has 3 heteroatoms. The van der Waals surface area contributed by atoms with E-state index in [0.29, 0.717) is 18.2 Å². The van der Waals surface area contributed by atoms with Gasteiger partial charge in [-0.25, -0.2) is 0 Å². The lowest BCUT2D eigenvalue weighted by Gasteiger charge is -2.25. The second-order valence-corrected chi connectivity index (χ2v) is 7.52. The second-order valence-electron chi connectivity index (χ2n) is 7.52. The third-order valence-corrected chi connectivity index (χ3v) is 5.67. The lowest BCUT2D eigenvalue weighted by Crippen LogP contribution is -2.36. The van der Waals surface area contributed by atoms with Crippen LogP contribution in [0.3, 0.4) is 0 Å². The summed E-state index contributed by atoms with van der Waals surface area (Å²) in [6, 6.07) is 14.3. The third kappa shape index (κ3) is 4.27. The van der Waals surface area contributed by atoms with Crippen LogP contribution in [0.1, 0.15) is 66.7 Å². The van der Waals surface area contributed by atoms with Crippen molar-refractivity contribution in [1.29, 1.82) is 0 Å². The monoisotopic (exact) mass is 351 g/mol. The van der Waals surface area contributed by atoms with Gasteiger partial charge in [-0.15, -0.1) is 0 Å². The van der Waals surface area contributed by atoms with E-state index in [4.69, 9.17) is 0 Å². The summed E-state index contributed by atoms with van der Waals surface area (Å²) in [5.74, 6) is 0.242. The fraction of sp³-hybridized carbons (Fsp3) is 0.435. The van der Waals surface area contributed by atoms with Crippen molar-refractivity contribution in [2.75, 3.05) is 0 Å². The summed E-state index contributed by atoms with van der Waals surface area (Å²) >= 11 is 0. The molecule has 0 bridgehead atoms. The lowest BCUT2D eigenvalue weighted by atomic mass is 9.85. The Hall–Kier alpha value is -2.29. The maximum Gasteiger partial charge on any atom is 0.221 e. The molecule has 1 fully saturated rings. The molecular formula is C23H29NO2. The molecule has 138 valence electrons. The Kier molecular flexibility index (Phi) is 5.97. The highest BCUT2D eigenvalue weighted by Crippen LogP contribution is 2.37. The predicted molar refractivity (Wildman–Crippen MR) is 105 cm³/mol. The zero-order valence-corrected chi connectivity index (χ0v) is 15.8. The zero-order chi connectivity index (χ0) is 18.5. The largest absolute Gasteiger partial charge is 0.507 e. The standard InChI is InChI=1S/C23H29NO2/c1-16-13-14-20(23(26)17(16)2)21(18-9-5-3-6-10-18)15-22(25)24-19-11-7-4-8-12-19/h3,5-6,9-10,13-14,19,21,26H,4,7-8,11-12,15H2,1-2H3,(H,24,25)/t21-/m1/s1. The maximum atomic E-state index is 12.7. The van der Waals surface area contributed by atoms with Crippen molar-refractivity contribution < 1.29 is 9.90 Å².